The molecule has 2 aromatic rings. The van der Waals surface area contributed by atoms with Gasteiger partial charge in [0.25, 0.3) is 11.9 Å². The molecule has 0 spiro atoms. The third kappa shape index (κ3) is 3.65. The lowest BCUT2D eigenvalue weighted by Gasteiger charge is -2.26. The van der Waals surface area contributed by atoms with Gasteiger partial charge in [0.15, 0.2) is 11.5 Å². The fraction of sp³-hybridized carbons (Fsp3) is 0.176. The third-order valence-corrected chi connectivity index (χ3v) is 3.86. The summed E-state index contributed by atoms with van der Waals surface area (Å²) in [6.07, 6.45) is 4.47. The molecule has 0 bridgehead atoms. The van der Waals surface area contributed by atoms with E-state index in [1.165, 1.54) is 12.4 Å². The van der Waals surface area contributed by atoms with E-state index in [4.69, 9.17) is 22.1 Å². The maximum absolute atomic E-state index is 13.8. The number of pyridine rings is 2. The number of hydrogen-bond acceptors (Lipinski definition) is 6. The molecule has 3 rings (SSSR count). The van der Waals surface area contributed by atoms with Gasteiger partial charge in [0.05, 0.1) is 10.7 Å². The van der Waals surface area contributed by atoms with Crippen molar-refractivity contribution in [3.8, 4) is 0 Å². The van der Waals surface area contributed by atoms with Crippen LogP contribution in [0.2, 0.25) is 5.02 Å². The van der Waals surface area contributed by atoms with Crippen molar-refractivity contribution in [2.75, 3.05) is 5.32 Å². The highest BCUT2D eigenvalue weighted by Gasteiger charge is 2.30. The van der Waals surface area contributed by atoms with Gasteiger partial charge in [0.2, 0.25) is 0 Å². The van der Waals surface area contributed by atoms with Crippen LogP contribution < -0.4 is 11.1 Å². The summed E-state index contributed by atoms with van der Waals surface area (Å²) in [7, 11) is 0. The SMILES string of the molecule is CC1=C[C@@](C)(c2cc(NC(=O)c3ncc(Cl)cc3F)ccn2)N=C(N)O1. The average molecular weight is 376 g/mol. The van der Waals surface area contributed by atoms with Gasteiger partial charge in [-0.3, -0.25) is 9.78 Å². The minimum Gasteiger partial charge on any atom is -0.431 e. The molecule has 26 heavy (non-hydrogen) atoms. The van der Waals surface area contributed by atoms with Crippen LogP contribution in [-0.2, 0) is 10.3 Å². The van der Waals surface area contributed by atoms with Crippen LogP contribution in [-0.4, -0.2) is 21.9 Å². The van der Waals surface area contributed by atoms with E-state index in [1.54, 1.807) is 32.1 Å². The Labute approximate surface area is 153 Å². The standard InChI is InChI=1S/C17H15ClFN5O2/c1-9-7-17(2,24-16(20)26-9)13-6-11(3-4-21-13)23-15(25)14-12(19)5-10(18)8-22-14/h3-8H,1-2H3,(H2,20,24)(H,21,23,25)/t17-/m0/s1. The summed E-state index contributed by atoms with van der Waals surface area (Å²) in [6, 6.07) is 4.24. The Hall–Kier alpha value is -3.00. The highest BCUT2D eigenvalue weighted by Crippen LogP contribution is 2.31. The van der Waals surface area contributed by atoms with Crippen LogP contribution in [0.15, 0.2) is 47.4 Å². The van der Waals surface area contributed by atoms with Gasteiger partial charge in [-0.1, -0.05) is 11.6 Å². The summed E-state index contributed by atoms with van der Waals surface area (Å²) in [4.78, 5) is 24.5. The number of amides is 1. The fourth-order valence-corrected chi connectivity index (χ4v) is 2.71. The number of carbonyl (C=O) groups excluding carboxylic acids is 1. The van der Waals surface area contributed by atoms with E-state index in [-0.39, 0.29) is 16.7 Å². The first kappa shape index (κ1) is 17.8. The minimum atomic E-state index is -0.850. The van der Waals surface area contributed by atoms with Gasteiger partial charge < -0.3 is 15.8 Å². The number of anilines is 1. The van der Waals surface area contributed by atoms with Crippen molar-refractivity contribution in [3.63, 3.8) is 0 Å². The van der Waals surface area contributed by atoms with Crippen molar-refractivity contribution in [2.45, 2.75) is 19.4 Å². The number of aromatic nitrogens is 2. The van der Waals surface area contributed by atoms with Crippen LogP contribution in [0.3, 0.4) is 0 Å². The Bertz CT molecular complexity index is 927. The Morgan fingerprint density at radius 1 is 1.38 bits per heavy atom. The number of nitrogens with one attached hydrogen (secondary N) is 1. The van der Waals surface area contributed by atoms with Crippen LogP contribution in [0.1, 0.15) is 30.0 Å². The summed E-state index contributed by atoms with van der Waals surface area (Å²) in [6.45, 7) is 3.56. The first-order valence-corrected chi connectivity index (χ1v) is 7.96. The Kier molecular flexibility index (Phi) is 4.60. The molecule has 0 aliphatic carbocycles. The summed E-state index contributed by atoms with van der Waals surface area (Å²) < 4.78 is 19.1. The molecule has 3 N–H and O–H groups in total. The Morgan fingerprint density at radius 3 is 2.85 bits per heavy atom. The number of ether oxygens (including phenoxy) is 1. The van der Waals surface area contributed by atoms with Crippen molar-refractivity contribution in [1.82, 2.24) is 9.97 Å². The maximum Gasteiger partial charge on any atom is 0.288 e. The number of amidine groups is 1. The molecule has 134 valence electrons. The zero-order valence-corrected chi connectivity index (χ0v) is 14.7. The van der Waals surface area contributed by atoms with Gasteiger partial charge >= 0.3 is 0 Å². The van der Waals surface area contributed by atoms with Crippen LogP contribution >= 0.6 is 11.6 Å². The number of rotatable bonds is 3. The molecule has 1 aliphatic rings. The molecule has 9 heteroatoms. The molecule has 0 unspecified atom stereocenters. The lowest BCUT2D eigenvalue weighted by molar-refractivity contribution is 0.101. The zero-order chi connectivity index (χ0) is 18.9. The van der Waals surface area contributed by atoms with Gasteiger partial charge in [-0.25, -0.2) is 14.4 Å². The highest BCUT2D eigenvalue weighted by atomic mass is 35.5. The molecule has 7 nitrogen and oxygen atoms in total. The molecule has 0 fully saturated rings. The van der Waals surface area contributed by atoms with Crippen LogP contribution in [0.4, 0.5) is 10.1 Å². The van der Waals surface area contributed by atoms with Gasteiger partial charge in [0, 0.05) is 18.1 Å². The third-order valence-electron chi connectivity index (χ3n) is 3.65. The van der Waals surface area contributed by atoms with Crippen molar-refractivity contribution < 1.29 is 13.9 Å². The summed E-state index contributed by atoms with van der Waals surface area (Å²) in [5.74, 6) is -0.927. The van der Waals surface area contributed by atoms with E-state index in [1.807, 2.05) is 0 Å². The number of nitrogens with two attached hydrogens (primary N) is 1. The molecule has 3 heterocycles. The molecule has 0 saturated carbocycles. The molecule has 0 aromatic carbocycles. The van der Waals surface area contributed by atoms with Crippen molar-refractivity contribution in [3.05, 3.63) is 64.7 Å². The summed E-state index contributed by atoms with van der Waals surface area (Å²) in [5.41, 5.74) is 5.42. The number of carbonyl (C=O) groups is 1. The minimum absolute atomic E-state index is 0.0242. The van der Waals surface area contributed by atoms with Crippen LogP contribution in [0.5, 0.6) is 0 Å². The zero-order valence-electron chi connectivity index (χ0n) is 14.0. The number of nitrogens with zero attached hydrogens (tertiary/aromatic N) is 3. The molecular weight excluding hydrogens is 361 g/mol. The molecule has 1 amide bonds. The van der Waals surface area contributed by atoms with E-state index in [2.05, 4.69) is 20.3 Å². The first-order valence-electron chi connectivity index (χ1n) is 7.58. The van der Waals surface area contributed by atoms with Crippen molar-refractivity contribution in [2.24, 2.45) is 10.7 Å². The maximum atomic E-state index is 13.8. The molecule has 2 aromatic heterocycles. The second-order valence-electron chi connectivity index (χ2n) is 5.82. The van der Waals surface area contributed by atoms with Crippen LogP contribution in [0.25, 0.3) is 0 Å². The Balaban J connectivity index is 1.88. The normalized spacial score (nSPS) is 19.2. The topological polar surface area (TPSA) is 102 Å². The Morgan fingerprint density at radius 2 is 2.15 bits per heavy atom. The molecule has 0 radical (unpaired) electrons. The monoisotopic (exact) mass is 375 g/mol. The van der Waals surface area contributed by atoms with Gasteiger partial charge in [-0.05, 0) is 38.1 Å². The summed E-state index contributed by atoms with van der Waals surface area (Å²) >= 11 is 5.65. The quantitative estimate of drug-likeness (QED) is 0.858. The number of allylic oxidation sites excluding steroid dienone is 1. The predicted octanol–water partition coefficient (Wildman–Crippen LogP) is 2.99. The average Bonchev–Trinajstić information content (AvgIpc) is 2.53. The van der Waals surface area contributed by atoms with E-state index in [0.717, 1.165) is 6.07 Å². The first-order chi connectivity index (χ1) is 12.3. The van der Waals surface area contributed by atoms with Crippen molar-refractivity contribution >= 4 is 29.2 Å². The molecular formula is C17H15ClFN5O2. The van der Waals surface area contributed by atoms with Gasteiger partial charge in [0.1, 0.15) is 11.3 Å². The lowest BCUT2D eigenvalue weighted by atomic mass is 9.96. The van der Waals surface area contributed by atoms with E-state index >= 15 is 0 Å². The van der Waals surface area contributed by atoms with Crippen molar-refractivity contribution in [1.29, 1.82) is 0 Å². The lowest BCUT2D eigenvalue weighted by Crippen LogP contribution is -2.30. The second-order valence-corrected chi connectivity index (χ2v) is 6.26. The molecule has 0 saturated heterocycles. The molecule has 1 aliphatic heterocycles. The van der Waals surface area contributed by atoms with E-state index < -0.39 is 17.3 Å². The molecule has 1 atom stereocenters. The predicted molar refractivity (Wildman–Crippen MR) is 95.2 cm³/mol. The highest BCUT2D eigenvalue weighted by molar-refractivity contribution is 6.30. The van der Waals surface area contributed by atoms with Crippen LogP contribution in [0, 0.1) is 5.82 Å². The van der Waals surface area contributed by atoms with Gasteiger partial charge in [-0.15, -0.1) is 0 Å². The fourth-order valence-electron chi connectivity index (χ4n) is 2.56. The van der Waals surface area contributed by atoms with E-state index in [9.17, 15) is 9.18 Å². The number of aliphatic imine (C=N–C) groups is 1. The second kappa shape index (κ2) is 6.72. The van der Waals surface area contributed by atoms with Gasteiger partial charge in [-0.2, -0.15) is 0 Å². The largest absolute Gasteiger partial charge is 0.431 e. The number of hydrogen-bond donors (Lipinski definition) is 2. The number of halogens is 2. The summed E-state index contributed by atoms with van der Waals surface area (Å²) in [5, 5.41) is 2.69. The van der Waals surface area contributed by atoms with E-state index in [0.29, 0.717) is 17.1 Å². The smallest absolute Gasteiger partial charge is 0.288 e.